The number of aryl methyl sites for hydroxylation is 1. The Labute approximate surface area is 201 Å². The monoisotopic (exact) mass is 476 g/mol. The second-order valence-corrected chi connectivity index (χ2v) is 7.76. The van der Waals surface area contributed by atoms with Crippen LogP contribution in [0.1, 0.15) is 17.8 Å². The lowest BCUT2D eigenvalue weighted by Gasteiger charge is -2.10. The van der Waals surface area contributed by atoms with Gasteiger partial charge in [0, 0.05) is 31.1 Å². The lowest BCUT2D eigenvalue weighted by Crippen LogP contribution is -2.14. The van der Waals surface area contributed by atoms with Crippen LogP contribution < -0.4 is 29.6 Å². The van der Waals surface area contributed by atoms with Crippen molar-refractivity contribution in [2.24, 2.45) is 0 Å². The van der Waals surface area contributed by atoms with Crippen molar-refractivity contribution >= 4 is 23.1 Å². The quantitative estimate of drug-likeness (QED) is 0.375. The van der Waals surface area contributed by atoms with E-state index in [1.165, 1.54) is 0 Å². The van der Waals surface area contributed by atoms with Crippen LogP contribution in [0.4, 0.5) is 11.5 Å². The molecule has 0 fully saturated rings. The predicted octanol–water partition coefficient (Wildman–Crippen LogP) is 3.05. The fraction of sp³-hybridized carbons (Fsp3) is 0.250. The van der Waals surface area contributed by atoms with E-state index in [2.05, 4.69) is 25.9 Å². The summed E-state index contributed by atoms with van der Waals surface area (Å²) in [6.07, 6.45) is 0.588. The van der Waals surface area contributed by atoms with Crippen molar-refractivity contribution in [1.82, 2.24) is 19.8 Å². The minimum atomic E-state index is -0.161. The van der Waals surface area contributed by atoms with Crippen LogP contribution in [-0.2, 0) is 17.8 Å². The van der Waals surface area contributed by atoms with E-state index in [4.69, 9.17) is 18.9 Å². The zero-order chi connectivity index (χ0) is 24.2. The molecule has 2 aromatic heterocycles. The number of hydrogen-bond donors (Lipinski definition) is 2. The number of nitrogens with one attached hydrogen (secondary N) is 2. The number of methoxy groups -OCH3 is 2. The third-order valence-electron chi connectivity index (χ3n) is 5.48. The largest absolute Gasteiger partial charge is 0.493 e. The summed E-state index contributed by atoms with van der Waals surface area (Å²) < 4.78 is 22.9. The van der Waals surface area contributed by atoms with E-state index in [1.54, 1.807) is 36.9 Å². The molecule has 0 aliphatic carbocycles. The Balaban J connectivity index is 1.21. The lowest BCUT2D eigenvalue weighted by molar-refractivity contribution is -0.116. The first-order valence-corrected chi connectivity index (χ1v) is 11.0. The Hall–Kier alpha value is -4.54. The second kappa shape index (κ2) is 9.75. The van der Waals surface area contributed by atoms with E-state index in [9.17, 15) is 4.79 Å². The minimum Gasteiger partial charge on any atom is -0.493 e. The molecular weight excluding hydrogens is 452 g/mol. The van der Waals surface area contributed by atoms with Crippen LogP contribution >= 0.6 is 0 Å². The number of carbonyl (C=O) groups is 1. The Morgan fingerprint density at radius 3 is 2.71 bits per heavy atom. The van der Waals surface area contributed by atoms with Gasteiger partial charge in [-0.05, 0) is 42.0 Å². The molecule has 1 aliphatic heterocycles. The number of anilines is 2. The summed E-state index contributed by atoms with van der Waals surface area (Å²) in [5.41, 5.74) is 2.26. The maximum atomic E-state index is 12.5. The molecule has 4 aromatic rings. The minimum absolute atomic E-state index is 0.161. The molecule has 0 spiro atoms. The molecule has 11 nitrogen and oxygen atoms in total. The third kappa shape index (κ3) is 4.88. The fourth-order valence-corrected chi connectivity index (χ4v) is 3.69. The van der Waals surface area contributed by atoms with Gasteiger partial charge in [0.05, 0.1) is 14.2 Å². The number of nitrogens with zero attached hydrogens (tertiary/aromatic N) is 4. The van der Waals surface area contributed by atoms with Gasteiger partial charge in [-0.2, -0.15) is 4.52 Å². The molecule has 1 amide bonds. The van der Waals surface area contributed by atoms with Gasteiger partial charge in [-0.3, -0.25) is 4.79 Å². The maximum Gasteiger partial charge on any atom is 0.231 e. The molecule has 3 heterocycles. The van der Waals surface area contributed by atoms with Crippen molar-refractivity contribution in [3.8, 4) is 23.0 Å². The van der Waals surface area contributed by atoms with Crippen LogP contribution in [0.15, 0.2) is 48.5 Å². The van der Waals surface area contributed by atoms with Gasteiger partial charge in [0.15, 0.2) is 34.5 Å². The number of carbonyl (C=O) groups excluding carboxylic acids is 1. The van der Waals surface area contributed by atoms with Gasteiger partial charge in [-0.1, -0.05) is 6.07 Å². The van der Waals surface area contributed by atoms with Crippen molar-refractivity contribution in [3.05, 3.63) is 59.9 Å². The SMILES string of the molecule is COc1ccc(NC(=O)CCc2nnc3ccc(NCc4ccc5c(c4)OCO5)nn23)cc1OC. The highest BCUT2D eigenvalue weighted by Crippen LogP contribution is 2.32. The van der Waals surface area contributed by atoms with E-state index in [-0.39, 0.29) is 19.1 Å². The van der Waals surface area contributed by atoms with Gasteiger partial charge in [-0.15, -0.1) is 15.3 Å². The normalized spacial score (nSPS) is 11.9. The smallest absolute Gasteiger partial charge is 0.231 e. The molecule has 0 bridgehead atoms. The van der Waals surface area contributed by atoms with E-state index in [0.717, 1.165) is 17.1 Å². The first-order chi connectivity index (χ1) is 17.1. The zero-order valence-corrected chi connectivity index (χ0v) is 19.3. The molecule has 0 unspecified atom stereocenters. The number of fused-ring (bicyclic) bond motifs is 2. The number of benzene rings is 2. The maximum absolute atomic E-state index is 12.5. The molecule has 5 rings (SSSR count). The average molecular weight is 476 g/mol. The molecule has 0 atom stereocenters. The summed E-state index contributed by atoms with van der Waals surface area (Å²) in [5, 5.41) is 19.1. The highest BCUT2D eigenvalue weighted by molar-refractivity contribution is 5.91. The first kappa shape index (κ1) is 22.3. The van der Waals surface area contributed by atoms with Gasteiger partial charge in [0.25, 0.3) is 0 Å². The van der Waals surface area contributed by atoms with E-state index >= 15 is 0 Å². The first-order valence-electron chi connectivity index (χ1n) is 11.0. The molecule has 2 aromatic carbocycles. The zero-order valence-electron chi connectivity index (χ0n) is 19.3. The summed E-state index contributed by atoms with van der Waals surface area (Å²) in [6.45, 7) is 0.799. The molecule has 1 aliphatic rings. The van der Waals surface area contributed by atoms with Crippen molar-refractivity contribution in [2.75, 3.05) is 31.6 Å². The molecule has 180 valence electrons. The molecule has 35 heavy (non-hydrogen) atoms. The predicted molar refractivity (Wildman–Crippen MR) is 127 cm³/mol. The summed E-state index contributed by atoms with van der Waals surface area (Å²) in [4.78, 5) is 12.5. The second-order valence-electron chi connectivity index (χ2n) is 7.76. The van der Waals surface area contributed by atoms with Crippen LogP contribution in [0.25, 0.3) is 5.65 Å². The lowest BCUT2D eigenvalue weighted by atomic mass is 10.2. The van der Waals surface area contributed by atoms with Crippen molar-refractivity contribution in [2.45, 2.75) is 19.4 Å². The van der Waals surface area contributed by atoms with Gasteiger partial charge >= 0.3 is 0 Å². The average Bonchev–Trinajstić information content (AvgIpc) is 3.52. The van der Waals surface area contributed by atoms with Crippen molar-refractivity contribution in [1.29, 1.82) is 0 Å². The van der Waals surface area contributed by atoms with Gasteiger partial charge in [-0.25, -0.2) is 0 Å². The Morgan fingerprint density at radius 2 is 1.86 bits per heavy atom. The van der Waals surface area contributed by atoms with Gasteiger partial charge in [0.1, 0.15) is 5.82 Å². The van der Waals surface area contributed by atoms with Crippen LogP contribution in [0.2, 0.25) is 0 Å². The van der Waals surface area contributed by atoms with Crippen molar-refractivity contribution < 1.29 is 23.7 Å². The van der Waals surface area contributed by atoms with Crippen LogP contribution in [0.3, 0.4) is 0 Å². The summed E-state index contributed by atoms with van der Waals surface area (Å²) >= 11 is 0. The Morgan fingerprint density at radius 1 is 1.00 bits per heavy atom. The molecule has 0 saturated carbocycles. The van der Waals surface area contributed by atoms with E-state index in [0.29, 0.717) is 47.4 Å². The number of ether oxygens (including phenoxy) is 4. The molecule has 0 saturated heterocycles. The van der Waals surface area contributed by atoms with Gasteiger partial charge < -0.3 is 29.6 Å². The van der Waals surface area contributed by atoms with Gasteiger partial charge in [0.2, 0.25) is 12.7 Å². The summed E-state index contributed by atoms with van der Waals surface area (Å²) in [6, 6.07) is 14.7. The van der Waals surface area contributed by atoms with E-state index < -0.39 is 0 Å². The summed E-state index contributed by atoms with van der Waals surface area (Å²) in [5.74, 6) is 3.71. The highest BCUT2D eigenvalue weighted by atomic mass is 16.7. The molecule has 2 N–H and O–H groups in total. The molecular formula is C24H24N6O5. The van der Waals surface area contributed by atoms with Crippen LogP contribution in [-0.4, -0.2) is 46.7 Å². The standard InChI is InChI=1S/C24H24N6O5/c1-32-17-6-4-16(12-19(17)33-2)26-24(31)10-9-23-28-27-22-8-7-21(29-30(22)23)25-13-15-3-5-18-20(11-15)35-14-34-18/h3-8,11-12H,9-10,13-14H2,1-2H3,(H,25,29)(H,26,31). The highest BCUT2D eigenvalue weighted by Gasteiger charge is 2.14. The topological polar surface area (TPSA) is 121 Å². The number of rotatable bonds is 9. The number of aromatic nitrogens is 4. The molecule has 0 radical (unpaired) electrons. The number of amides is 1. The fourth-order valence-electron chi connectivity index (χ4n) is 3.69. The Bertz CT molecular complexity index is 1370. The molecule has 11 heteroatoms. The third-order valence-corrected chi connectivity index (χ3v) is 5.48. The number of hydrogen-bond acceptors (Lipinski definition) is 9. The van der Waals surface area contributed by atoms with Crippen LogP contribution in [0, 0.1) is 0 Å². The van der Waals surface area contributed by atoms with Crippen LogP contribution in [0.5, 0.6) is 23.0 Å². The summed E-state index contributed by atoms with van der Waals surface area (Å²) in [7, 11) is 3.11. The van der Waals surface area contributed by atoms with Crippen molar-refractivity contribution in [3.63, 3.8) is 0 Å². The van der Waals surface area contributed by atoms with E-state index in [1.807, 2.05) is 30.3 Å². The Kier molecular flexibility index (Phi) is 6.20.